The van der Waals surface area contributed by atoms with Crippen LogP contribution in [-0.2, 0) is 34.2 Å². The molecule has 2 heterocycles. The Bertz CT molecular complexity index is 1380. The van der Waals surface area contributed by atoms with Crippen molar-refractivity contribution in [3.05, 3.63) is 89.1 Å². The van der Waals surface area contributed by atoms with Gasteiger partial charge in [-0.05, 0) is 54.8 Å². The zero-order valence-electron chi connectivity index (χ0n) is 18.8. The van der Waals surface area contributed by atoms with E-state index in [-0.39, 0.29) is 17.8 Å². The van der Waals surface area contributed by atoms with E-state index in [0.717, 1.165) is 12.1 Å². The fourth-order valence-electron chi connectivity index (χ4n) is 4.19. The fourth-order valence-corrected chi connectivity index (χ4v) is 4.19. The molecule has 6 nitrogen and oxygen atoms in total. The number of nitrogens with zero attached hydrogens (tertiary/aromatic N) is 3. The minimum atomic E-state index is -4.50. The van der Waals surface area contributed by atoms with Gasteiger partial charge < -0.3 is 9.84 Å². The van der Waals surface area contributed by atoms with Crippen molar-refractivity contribution in [3.8, 4) is 11.1 Å². The normalized spacial score (nSPS) is 13.6. The zero-order valence-corrected chi connectivity index (χ0v) is 18.8. The molecule has 182 valence electrons. The first-order valence-corrected chi connectivity index (χ1v) is 10.6. The largest absolute Gasteiger partial charge is 0.468 e. The molecule has 0 aliphatic rings. The quantitative estimate of drug-likeness (QED) is 0.315. The molecule has 10 heteroatoms. The summed E-state index contributed by atoms with van der Waals surface area (Å²) < 4.78 is 59.3. The summed E-state index contributed by atoms with van der Waals surface area (Å²) in [4.78, 5) is 17.3. The summed E-state index contributed by atoms with van der Waals surface area (Å²) in [6.07, 6.45) is -2.99. The first-order valence-electron chi connectivity index (χ1n) is 10.6. The Hall–Kier alpha value is -3.79. The van der Waals surface area contributed by atoms with Gasteiger partial charge in [0.1, 0.15) is 11.2 Å². The van der Waals surface area contributed by atoms with E-state index < -0.39 is 35.5 Å². The SMILES string of the molecule is COC(=O)C(C)(Cc1cccc(F)c1)c1ccnc2c(-c3ccc(C(F)(F)F)cc3)c(CO)nn12. The first kappa shape index (κ1) is 24.3. The Kier molecular flexibility index (Phi) is 6.33. The van der Waals surface area contributed by atoms with E-state index in [2.05, 4.69) is 10.1 Å². The Labute approximate surface area is 197 Å². The second kappa shape index (κ2) is 9.10. The minimum Gasteiger partial charge on any atom is -0.468 e. The van der Waals surface area contributed by atoms with Gasteiger partial charge in [0.05, 0.1) is 36.2 Å². The van der Waals surface area contributed by atoms with E-state index >= 15 is 0 Å². The van der Waals surface area contributed by atoms with Gasteiger partial charge in [-0.2, -0.15) is 18.3 Å². The van der Waals surface area contributed by atoms with Crippen molar-refractivity contribution in [1.29, 1.82) is 0 Å². The van der Waals surface area contributed by atoms with Crippen molar-refractivity contribution >= 4 is 11.6 Å². The number of aliphatic hydroxyl groups excluding tert-OH is 1. The summed E-state index contributed by atoms with van der Waals surface area (Å²) in [6.45, 7) is 1.11. The van der Waals surface area contributed by atoms with Gasteiger partial charge >= 0.3 is 12.1 Å². The summed E-state index contributed by atoms with van der Waals surface area (Å²) in [5.41, 5.74) is -0.145. The molecule has 1 N–H and O–H groups in total. The second-order valence-electron chi connectivity index (χ2n) is 8.25. The van der Waals surface area contributed by atoms with Gasteiger partial charge in [0.2, 0.25) is 0 Å². The lowest BCUT2D eigenvalue weighted by molar-refractivity contribution is -0.147. The molecule has 1 unspecified atom stereocenters. The average Bonchev–Trinajstić information content (AvgIpc) is 3.21. The highest BCUT2D eigenvalue weighted by atomic mass is 19.4. The summed E-state index contributed by atoms with van der Waals surface area (Å²) in [5.74, 6) is -1.06. The van der Waals surface area contributed by atoms with Crippen LogP contribution in [0, 0.1) is 5.82 Å². The van der Waals surface area contributed by atoms with Gasteiger partial charge in [-0.15, -0.1) is 0 Å². The van der Waals surface area contributed by atoms with Gasteiger partial charge in [-0.3, -0.25) is 4.79 Å². The van der Waals surface area contributed by atoms with Gasteiger partial charge in [0.15, 0.2) is 5.65 Å². The van der Waals surface area contributed by atoms with Crippen LogP contribution in [0.5, 0.6) is 0 Å². The van der Waals surface area contributed by atoms with Crippen LogP contribution < -0.4 is 0 Å². The highest BCUT2D eigenvalue weighted by Gasteiger charge is 2.40. The van der Waals surface area contributed by atoms with Gasteiger partial charge in [0, 0.05) is 6.20 Å². The molecule has 0 fully saturated rings. The number of aromatic nitrogens is 3. The molecule has 0 amide bonds. The van der Waals surface area contributed by atoms with Crippen LogP contribution in [0.4, 0.5) is 17.6 Å². The van der Waals surface area contributed by atoms with E-state index in [0.29, 0.717) is 22.4 Å². The van der Waals surface area contributed by atoms with Crippen LogP contribution in [0.2, 0.25) is 0 Å². The number of hydrogen-bond donors (Lipinski definition) is 1. The van der Waals surface area contributed by atoms with Crippen molar-refractivity contribution in [2.45, 2.75) is 31.5 Å². The highest BCUT2D eigenvalue weighted by molar-refractivity contribution is 5.84. The Morgan fingerprint density at radius 3 is 2.43 bits per heavy atom. The monoisotopic (exact) mass is 487 g/mol. The van der Waals surface area contributed by atoms with Crippen molar-refractivity contribution in [2.75, 3.05) is 7.11 Å². The molecule has 4 rings (SSSR count). The average molecular weight is 487 g/mol. The summed E-state index contributed by atoms with van der Waals surface area (Å²) in [6, 6.07) is 11.8. The topological polar surface area (TPSA) is 76.7 Å². The molecule has 2 aromatic heterocycles. The van der Waals surface area contributed by atoms with Gasteiger partial charge in [0.25, 0.3) is 0 Å². The summed E-state index contributed by atoms with van der Waals surface area (Å²) in [5, 5.41) is 14.4. The molecule has 0 spiro atoms. The number of fused-ring (bicyclic) bond motifs is 1. The summed E-state index contributed by atoms with van der Waals surface area (Å²) >= 11 is 0. The van der Waals surface area contributed by atoms with E-state index in [1.165, 1.54) is 48.2 Å². The van der Waals surface area contributed by atoms with Crippen LogP contribution in [0.3, 0.4) is 0 Å². The molecule has 0 aliphatic heterocycles. The zero-order chi connectivity index (χ0) is 25.4. The van der Waals surface area contributed by atoms with Gasteiger partial charge in [-0.25, -0.2) is 13.9 Å². The molecule has 0 aliphatic carbocycles. The number of ether oxygens (including phenoxy) is 1. The number of halogens is 4. The number of alkyl halides is 3. The van der Waals surface area contributed by atoms with Gasteiger partial charge in [-0.1, -0.05) is 24.3 Å². The van der Waals surface area contributed by atoms with Crippen molar-refractivity contribution in [3.63, 3.8) is 0 Å². The number of rotatable bonds is 6. The maximum atomic E-state index is 13.8. The molecule has 2 aromatic carbocycles. The number of aliphatic hydroxyl groups is 1. The van der Waals surface area contributed by atoms with Crippen molar-refractivity contribution < 1.29 is 32.2 Å². The minimum absolute atomic E-state index is 0.0699. The molecular formula is C25H21F4N3O3. The molecule has 35 heavy (non-hydrogen) atoms. The number of benzene rings is 2. The van der Waals surface area contributed by atoms with Crippen LogP contribution >= 0.6 is 0 Å². The van der Waals surface area contributed by atoms with Crippen LogP contribution in [0.25, 0.3) is 16.8 Å². The standard InChI is InChI=1S/C25H21F4N3O3/c1-24(23(34)35-2,13-15-4-3-5-18(26)12-15)20-10-11-30-22-21(19(14-33)31-32(20)22)16-6-8-17(9-7-16)25(27,28)29/h3-12,33H,13-14H2,1-2H3. The molecule has 1 atom stereocenters. The van der Waals surface area contributed by atoms with E-state index in [4.69, 9.17) is 4.74 Å². The van der Waals surface area contributed by atoms with E-state index in [9.17, 15) is 27.5 Å². The van der Waals surface area contributed by atoms with E-state index in [1.54, 1.807) is 19.1 Å². The fraction of sp³-hybridized carbons (Fsp3) is 0.240. The predicted molar refractivity (Wildman–Crippen MR) is 119 cm³/mol. The van der Waals surface area contributed by atoms with Crippen LogP contribution in [0.1, 0.15) is 29.4 Å². The Morgan fingerprint density at radius 1 is 1.11 bits per heavy atom. The van der Waals surface area contributed by atoms with Crippen molar-refractivity contribution in [1.82, 2.24) is 14.6 Å². The number of hydrogen-bond acceptors (Lipinski definition) is 5. The lowest BCUT2D eigenvalue weighted by Crippen LogP contribution is -2.38. The molecule has 4 aromatic rings. The molecule has 0 bridgehead atoms. The predicted octanol–water partition coefficient (Wildman–Crippen LogP) is 4.72. The lowest BCUT2D eigenvalue weighted by atomic mass is 9.80. The lowest BCUT2D eigenvalue weighted by Gasteiger charge is -2.27. The molecular weight excluding hydrogens is 466 g/mol. The smallest absolute Gasteiger partial charge is 0.416 e. The third-order valence-electron chi connectivity index (χ3n) is 5.89. The summed E-state index contributed by atoms with van der Waals surface area (Å²) in [7, 11) is 1.24. The molecule has 0 saturated heterocycles. The maximum Gasteiger partial charge on any atom is 0.416 e. The van der Waals surface area contributed by atoms with Crippen LogP contribution in [0.15, 0.2) is 60.8 Å². The number of carbonyl (C=O) groups is 1. The third-order valence-corrected chi connectivity index (χ3v) is 5.89. The maximum absolute atomic E-state index is 13.8. The first-order chi connectivity index (χ1) is 16.6. The number of esters is 1. The Morgan fingerprint density at radius 2 is 1.83 bits per heavy atom. The third kappa shape index (κ3) is 4.49. The number of methoxy groups -OCH3 is 1. The Balaban J connectivity index is 1.90. The molecule has 0 saturated carbocycles. The van der Waals surface area contributed by atoms with Crippen LogP contribution in [-0.4, -0.2) is 32.8 Å². The number of carbonyl (C=O) groups excluding carboxylic acids is 1. The molecule has 0 radical (unpaired) electrons. The second-order valence-corrected chi connectivity index (χ2v) is 8.25. The highest BCUT2D eigenvalue weighted by Crippen LogP contribution is 2.36. The van der Waals surface area contributed by atoms with Crippen molar-refractivity contribution in [2.24, 2.45) is 0 Å². The van der Waals surface area contributed by atoms with E-state index in [1.807, 2.05) is 0 Å².